The lowest BCUT2D eigenvalue weighted by Crippen LogP contribution is -2.35. The van der Waals surface area contributed by atoms with Crippen molar-refractivity contribution in [3.05, 3.63) is 0 Å². The standard InChI is InChI=1S/C12H24N2O/c1-12(2)9-14(8-11(12)15)7-10-3-5-13-6-4-10/h10-11,13,15H,3-9H2,1-2H3. The zero-order valence-electron chi connectivity index (χ0n) is 10.00. The zero-order valence-corrected chi connectivity index (χ0v) is 10.00. The number of β-amino-alcohol motifs (C(OH)–C–C–N with tert-alkyl or cyclic N) is 1. The summed E-state index contributed by atoms with van der Waals surface area (Å²) in [7, 11) is 0. The van der Waals surface area contributed by atoms with E-state index in [2.05, 4.69) is 24.1 Å². The maximum atomic E-state index is 9.90. The first kappa shape index (κ1) is 11.4. The van der Waals surface area contributed by atoms with Gasteiger partial charge in [0.1, 0.15) is 0 Å². The van der Waals surface area contributed by atoms with Crippen LogP contribution >= 0.6 is 0 Å². The number of aliphatic hydroxyl groups excluding tert-OH is 1. The summed E-state index contributed by atoms with van der Waals surface area (Å²) in [5, 5.41) is 13.3. The Hall–Kier alpha value is -0.120. The third-order valence-corrected chi connectivity index (χ3v) is 3.94. The van der Waals surface area contributed by atoms with Gasteiger partial charge in [0.05, 0.1) is 6.10 Å². The van der Waals surface area contributed by atoms with Gasteiger partial charge in [0.25, 0.3) is 0 Å². The van der Waals surface area contributed by atoms with E-state index in [1.54, 1.807) is 0 Å². The van der Waals surface area contributed by atoms with Crippen LogP contribution in [0.25, 0.3) is 0 Å². The molecule has 88 valence electrons. The normalized spacial score (nSPS) is 33.4. The minimum Gasteiger partial charge on any atom is -0.391 e. The fourth-order valence-corrected chi connectivity index (χ4v) is 2.81. The molecule has 0 aromatic rings. The zero-order chi connectivity index (χ0) is 10.9. The maximum Gasteiger partial charge on any atom is 0.0730 e. The average molecular weight is 212 g/mol. The number of hydrogen-bond donors (Lipinski definition) is 2. The Balaban J connectivity index is 1.81. The Labute approximate surface area is 92.8 Å². The van der Waals surface area contributed by atoms with E-state index in [9.17, 15) is 5.11 Å². The number of nitrogens with zero attached hydrogens (tertiary/aromatic N) is 1. The molecule has 2 aliphatic heterocycles. The second kappa shape index (κ2) is 4.40. The molecular weight excluding hydrogens is 188 g/mol. The van der Waals surface area contributed by atoms with Crippen molar-refractivity contribution in [1.29, 1.82) is 0 Å². The highest BCUT2D eigenvalue weighted by atomic mass is 16.3. The van der Waals surface area contributed by atoms with E-state index in [1.807, 2.05) is 0 Å². The molecule has 2 heterocycles. The van der Waals surface area contributed by atoms with Crippen LogP contribution in [0.3, 0.4) is 0 Å². The van der Waals surface area contributed by atoms with Crippen LogP contribution in [0.2, 0.25) is 0 Å². The summed E-state index contributed by atoms with van der Waals surface area (Å²) in [5.41, 5.74) is 0.0902. The van der Waals surface area contributed by atoms with Crippen LogP contribution in [0.4, 0.5) is 0 Å². The first-order valence-electron chi connectivity index (χ1n) is 6.19. The predicted molar refractivity (Wildman–Crippen MR) is 61.8 cm³/mol. The van der Waals surface area contributed by atoms with Gasteiger partial charge in [-0.1, -0.05) is 13.8 Å². The highest BCUT2D eigenvalue weighted by molar-refractivity contribution is 4.91. The molecular formula is C12H24N2O. The number of hydrogen-bond acceptors (Lipinski definition) is 3. The van der Waals surface area contributed by atoms with Crippen LogP contribution < -0.4 is 5.32 Å². The number of piperidine rings is 1. The summed E-state index contributed by atoms with van der Waals surface area (Å²) in [6.45, 7) is 9.78. The minimum absolute atomic E-state index is 0.0902. The maximum absolute atomic E-state index is 9.90. The fourth-order valence-electron chi connectivity index (χ4n) is 2.81. The Kier molecular flexibility index (Phi) is 3.33. The van der Waals surface area contributed by atoms with Crippen LogP contribution in [0.1, 0.15) is 26.7 Å². The number of nitrogens with one attached hydrogen (secondary N) is 1. The number of likely N-dealkylation sites (tertiary alicyclic amines) is 1. The van der Waals surface area contributed by atoms with Crippen molar-refractivity contribution in [3.63, 3.8) is 0 Å². The van der Waals surface area contributed by atoms with E-state index >= 15 is 0 Å². The molecule has 2 rings (SSSR count). The second-order valence-corrected chi connectivity index (χ2v) is 5.89. The number of rotatable bonds is 2. The molecule has 0 bridgehead atoms. The molecule has 3 nitrogen and oxygen atoms in total. The number of aliphatic hydroxyl groups is 1. The third-order valence-electron chi connectivity index (χ3n) is 3.94. The fraction of sp³-hybridized carbons (Fsp3) is 1.00. The molecule has 0 amide bonds. The van der Waals surface area contributed by atoms with E-state index in [4.69, 9.17) is 0 Å². The second-order valence-electron chi connectivity index (χ2n) is 5.89. The minimum atomic E-state index is -0.140. The molecule has 0 aromatic heterocycles. The Bertz CT molecular complexity index is 212. The molecule has 0 aliphatic carbocycles. The van der Waals surface area contributed by atoms with Gasteiger partial charge in [-0.2, -0.15) is 0 Å². The van der Waals surface area contributed by atoms with Crippen LogP contribution in [-0.2, 0) is 0 Å². The van der Waals surface area contributed by atoms with Crippen molar-refractivity contribution in [2.75, 3.05) is 32.7 Å². The third kappa shape index (κ3) is 2.71. The van der Waals surface area contributed by atoms with Gasteiger partial charge in [0.15, 0.2) is 0 Å². The van der Waals surface area contributed by atoms with Gasteiger partial charge in [-0.3, -0.25) is 4.90 Å². The SMILES string of the molecule is CC1(C)CN(CC2CCNCC2)CC1O. The highest BCUT2D eigenvalue weighted by Gasteiger charge is 2.38. The van der Waals surface area contributed by atoms with Crippen molar-refractivity contribution in [2.45, 2.75) is 32.8 Å². The monoisotopic (exact) mass is 212 g/mol. The summed E-state index contributed by atoms with van der Waals surface area (Å²) in [5.74, 6) is 0.840. The molecule has 3 heteroatoms. The van der Waals surface area contributed by atoms with Crippen molar-refractivity contribution in [3.8, 4) is 0 Å². The summed E-state index contributed by atoms with van der Waals surface area (Å²) >= 11 is 0. The molecule has 2 aliphatic rings. The van der Waals surface area contributed by atoms with Gasteiger partial charge in [-0.15, -0.1) is 0 Å². The van der Waals surface area contributed by atoms with Gasteiger partial charge < -0.3 is 10.4 Å². The smallest absolute Gasteiger partial charge is 0.0730 e. The van der Waals surface area contributed by atoms with Crippen molar-refractivity contribution < 1.29 is 5.11 Å². The highest BCUT2D eigenvalue weighted by Crippen LogP contribution is 2.30. The van der Waals surface area contributed by atoms with E-state index in [-0.39, 0.29) is 11.5 Å². The van der Waals surface area contributed by atoms with Crippen molar-refractivity contribution in [1.82, 2.24) is 10.2 Å². The van der Waals surface area contributed by atoms with Gasteiger partial charge in [-0.25, -0.2) is 0 Å². The molecule has 0 spiro atoms. The molecule has 1 atom stereocenters. The van der Waals surface area contributed by atoms with Crippen molar-refractivity contribution >= 4 is 0 Å². The van der Waals surface area contributed by atoms with Gasteiger partial charge in [-0.05, 0) is 31.8 Å². The van der Waals surface area contributed by atoms with Crippen molar-refractivity contribution in [2.24, 2.45) is 11.3 Å². The summed E-state index contributed by atoms with van der Waals surface area (Å²) in [4.78, 5) is 2.45. The Morgan fingerprint density at radius 2 is 2.00 bits per heavy atom. The molecule has 15 heavy (non-hydrogen) atoms. The molecule has 0 aromatic carbocycles. The molecule has 2 saturated heterocycles. The van der Waals surface area contributed by atoms with E-state index in [1.165, 1.54) is 32.5 Å². The van der Waals surface area contributed by atoms with Gasteiger partial charge in [0, 0.05) is 25.0 Å². The quantitative estimate of drug-likeness (QED) is 0.707. The van der Waals surface area contributed by atoms with Gasteiger partial charge >= 0.3 is 0 Å². The summed E-state index contributed by atoms with van der Waals surface area (Å²) < 4.78 is 0. The summed E-state index contributed by atoms with van der Waals surface area (Å²) in [6.07, 6.45) is 2.46. The van der Waals surface area contributed by atoms with E-state index < -0.39 is 0 Å². The lowest BCUT2D eigenvalue weighted by molar-refractivity contribution is 0.0953. The molecule has 1 unspecified atom stereocenters. The van der Waals surface area contributed by atoms with E-state index in [0.717, 1.165) is 19.0 Å². The summed E-state index contributed by atoms with van der Waals surface area (Å²) in [6, 6.07) is 0. The average Bonchev–Trinajstić information content (AvgIpc) is 2.42. The molecule has 2 fully saturated rings. The molecule has 0 radical (unpaired) electrons. The molecule has 2 N–H and O–H groups in total. The van der Waals surface area contributed by atoms with Crippen LogP contribution in [-0.4, -0.2) is 48.8 Å². The Morgan fingerprint density at radius 3 is 2.53 bits per heavy atom. The molecule has 0 saturated carbocycles. The predicted octanol–water partition coefficient (Wildman–Crippen LogP) is 0.689. The van der Waals surface area contributed by atoms with E-state index in [0.29, 0.717) is 0 Å². The van der Waals surface area contributed by atoms with Crippen LogP contribution in [0.5, 0.6) is 0 Å². The topological polar surface area (TPSA) is 35.5 Å². The largest absolute Gasteiger partial charge is 0.391 e. The van der Waals surface area contributed by atoms with Crippen LogP contribution in [0, 0.1) is 11.3 Å². The lowest BCUT2D eigenvalue weighted by Gasteiger charge is -2.27. The van der Waals surface area contributed by atoms with Gasteiger partial charge in [0.2, 0.25) is 0 Å². The van der Waals surface area contributed by atoms with Crippen LogP contribution in [0.15, 0.2) is 0 Å². The first-order chi connectivity index (χ1) is 7.08. The lowest BCUT2D eigenvalue weighted by atomic mass is 9.90. The Morgan fingerprint density at radius 1 is 1.33 bits per heavy atom. The first-order valence-corrected chi connectivity index (χ1v) is 6.19.